The molecule has 0 amide bonds. The maximum Gasteiger partial charge on any atom is 0.0894 e. The van der Waals surface area contributed by atoms with E-state index in [1.54, 1.807) is 0 Å². The molecule has 0 aliphatic rings. The van der Waals surface area contributed by atoms with Crippen LogP contribution in [-0.2, 0) is 0 Å². The van der Waals surface area contributed by atoms with Gasteiger partial charge >= 0.3 is 0 Å². The molecule has 0 atom stereocenters. The van der Waals surface area contributed by atoms with Gasteiger partial charge in [-0.1, -0.05) is 57.8 Å². The van der Waals surface area contributed by atoms with E-state index in [2.05, 4.69) is 19.6 Å². The number of alkyl halides is 1. The van der Waals surface area contributed by atoms with Crippen molar-refractivity contribution < 1.29 is 4.39 Å². The Balaban J connectivity index is 3.00. The van der Waals surface area contributed by atoms with Crippen molar-refractivity contribution in [1.29, 1.82) is 0 Å². The van der Waals surface area contributed by atoms with E-state index in [1.807, 2.05) is 0 Å². The van der Waals surface area contributed by atoms with Gasteiger partial charge in [-0.15, -0.1) is 0 Å². The molecule has 0 unspecified atom stereocenters. The van der Waals surface area contributed by atoms with Gasteiger partial charge in [-0.25, -0.2) is 0 Å². The maximum atomic E-state index is 11.7. The van der Waals surface area contributed by atoms with Gasteiger partial charge < -0.3 is 0 Å². The van der Waals surface area contributed by atoms with E-state index < -0.39 is 8.07 Å². The summed E-state index contributed by atoms with van der Waals surface area (Å²) in [6.07, 6.45) is 7.15. The largest absolute Gasteiger partial charge is 0.251 e. The van der Waals surface area contributed by atoms with Crippen LogP contribution in [0.15, 0.2) is 0 Å². The van der Waals surface area contributed by atoms with Crippen molar-refractivity contribution in [2.24, 2.45) is 0 Å². The third-order valence-electron chi connectivity index (χ3n) is 2.31. The van der Waals surface area contributed by atoms with Crippen molar-refractivity contribution in [3.8, 4) is 0 Å². The van der Waals surface area contributed by atoms with Crippen molar-refractivity contribution in [3.05, 3.63) is 0 Å². The fraction of sp³-hybridized carbons (Fsp3) is 1.00. The molecule has 0 aromatic heterocycles. The standard InChI is InChI=1S/C11H25FSi/c1-13(2,3)11-9-7-5-4-6-8-10-12/h4-11H2,1-3H3. The van der Waals surface area contributed by atoms with Gasteiger partial charge in [0.2, 0.25) is 0 Å². The first-order chi connectivity index (χ1) is 6.06. The smallest absolute Gasteiger partial charge is 0.0894 e. The van der Waals surface area contributed by atoms with Crippen LogP contribution >= 0.6 is 0 Å². The minimum atomic E-state index is -0.793. The third kappa shape index (κ3) is 12.1. The van der Waals surface area contributed by atoms with Crippen LogP contribution in [0.4, 0.5) is 4.39 Å². The Morgan fingerprint density at radius 3 is 1.69 bits per heavy atom. The van der Waals surface area contributed by atoms with E-state index in [0.29, 0.717) is 0 Å². The summed E-state index contributed by atoms with van der Waals surface area (Å²) in [6.45, 7) is 7.15. The summed E-state index contributed by atoms with van der Waals surface area (Å²) in [5, 5.41) is 0. The van der Waals surface area contributed by atoms with E-state index >= 15 is 0 Å². The zero-order valence-corrected chi connectivity index (χ0v) is 10.5. The average Bonchev–Trinajstić information content (AvgIpc) is 2.01. The van der Waals surface area contributed by atoms with E-state index in [-0.39, 0.29) is 6.67 Å². The first kappa shape index (κ1) is 13.1. The number of hydrogen-bond acceptors (Lipinski definition) is 0. The molecule has 0 aromatic carbocycles. The predicted molar refractivity (Wildman–Crippen MR) is 61.8 cm³/mol. The molecular formula is C11H25FSi. The number of halogens is 1. The second kappa shape index (κ2) is 7.54. The fourth-order valence-electron chi connectivity index (χ4n) is 1.46. The molecular weight excluding hydrogens is 179 g/mol. The minimum absolute atomic E-state index is 0.130. The Hall–Kier alpha value is 0.147. The topological polar surface area (TPSA) is 0 Å². The predicted octanol–water partition coefficient (Wildman–Crippen LogP) is 4.63. The monoisotopic (exact) mass is 204 g/mol. The van der Waals surface area contributed by atoms with Crippen molar-refractivity contribution in [2.45, 2.75) is 64.2 Å². The van der Waals surface area contributed by atoms with Crippen LogP contribution in [0.5, 0.6) is 0 Å². The van der Waals surface area contributed by atoms with Gasteiger partial charge in [0.1, 0.15) is 0 Å². The first-order valence-electron chi connectivity index (χ1n) is 5.62. The summed E-state index contributed by atoms with van der Waals surface area (Å²) >= 11 is 0. The minimum Gasteiger partial charge on any atom is -0.251 e. The lowest BCUT2D eigenvalue weighted by Gasteiger charge is -2.14. The molecule has 0 rings (SSSR count). The quantitative estimate of drug-likeness (QED) is 0.399. The molecule has 0 aromatic rings. The highest BCUT2D eigenvalue weighted by atomic mass is 28.3. The molecule has 13 heavy (non-hydrogen) atoms. The van der Waals surface area contributed by atoms with Gasteiger partial charge in [0.05, 0.1) is 6.67 Å². The molecule has 0 nitrogen and oxygen atoms in total. The second-order valence-corrected chi connectivity index (χ2v) is 10.7. The van der Waals surface area contributed by atoms with Gasteiger partial charge in [0.15, 0.2) is 0 Å². The molecule has 0 saturated carbocycles. The lowest BCUT2D eigenvalue weighted by atomic mass is 10.1. The van der Waals surface area contributed by atoms with Gasteiger partial charge in [-0.3, -0.25) is 4.39 Å². The Labute approximate surface area is 83.9 Å². The summed E-state index contributed by atoms with van der Waals surface area (Å²) in [6, 6.07) is 1.45. The molecule has 80 valence electrons. The zero-order chi connectivity index (χ0) is 10.2. The van der Waals surface area contributed by atoms with Crippen molar-refractivity contribution in [3.63, 3.8) is 0 Å². The highest BCUT2D eigenvalue weighted by molar-refractivity contribution is 6.76. The summed E-state index contributed by atoms with van der Waals surface area (Å²) in [7, 11) is -0.793. The fourth-order valence-corrected chi connectivity index (χ4v) is 2.77. The highest BCUT2D eigenvalue weighted by Gasteiger charge is 2.11. The van der Waals surface area contributed by atoms with Gasteiger partial charge in [-0.05, 0) is 6.42 Å². The first-order valence-corrected chi connectivity index (χ1v) is 9.33. The molecule has 0 bridgehead atoms. The van der Waals surface area contributed by atoms with Crippen LogP contribution < -0.4 is 0 Å². The van der Waals surface area contributed by atoms with Gasteiger partial charge in [-0.2, -0.15) is 0 Å². The van der Waals surface area contributed by atoms with Crippen molar-refractivity contribution >= 4 is 8.07 Å². The van der Waals surface area contributed by atoms with E-state index in [4.69, 9.17) is 0 Å². The molecule has 0 aliphatic carbocycles. The van der Waals surface area contributed by atoms with Crippen LogP contribution in [0.2, 0.25) is 25.7 Å². The molecule has 0 fully saturated rings. The highest BCUT2D eigenvalue weighted by Crippen LogP contribution is 2.15. The SMILES string of the molecule is C[Si](C)(C)CCCCCCCCF. The van der Waals surface area contributed by atoms with Crippen molar-refractivity contribution in [1.82, 2.24) is 0 Å². The number of hydrogen-bond donors (Lipinski definition) is 0. The second-order valence-electron chi connectivity index (χ2n) is 5.12. The summed E-state index contributed by atoms with van der Waals surface area (Å²) in [5.74, 6) is 0. The lowest BCUT2D eigenvalue weighted by molar-refractivity contribution is 0.451. The van der Waals surface area contributed by atoms with Crippen LogP contribution in [0, 0.1) is 0 Å². The summed E-state index contributed by atoms with van der Waals surface area (Å²) in [5.41, 5.74) is 0. The van der Waals surface area contributed by atoms with Crippen molar-refractivity contribution in [2.75, 3.05) is 6.67 Å². The molecule has 0 radical (unpaired) electrons. The molecule has 2 heteroatoms. The zero-order valence-electron chi connectivity index (χ0n) is 9.53. The lowest BCUT2D eigenvalue weighted by Crippen LogP contribution is -2.18. The Morgan fingerprint density at radius 2 is 1.23 bits per heavy atom. The summed E-state index contributed by atoms with van der Waals surface area (Å²) in [4.78, 5) is 0. The maximum absolute atomic E-state index is 11.7. The molecule has 0 saturated heterocycles. The number of rotatable bonds is 8. The summed E-state index contributed by atoms with van der Waals surface area (Å²) < 4.78 is 11.7. The Morgan fingerprint density at radius 1 is 0.769 bits per heavy atom. The van der Waals surface area contributed by atoms with E-state index in [0.717, 1.165) is 12.8 Å². The average molecular weight is 204 g/mol. The van der Waals surface area contributed by atoms with Gasteiger partial charge in [0, 0.05) is 8.07 Å². The van der Waals surface area contributed by atoms with Crippen LogP contribution in [0.25, 0.3) is 0 Å². The normalized spacial score (nSPS) is 12.0. The van der Waals surface area contributed by atoms with Crippen LogP contribution in [-0.4, -0.2) is 14.7 Å². The number of unbranched alkanes of at least 4 members (excludes halogenated alkanes) is 5. The van der Waals surface area contributed by atoms with E-state index in [1.165, 1.54) is 31.7 Å². The Kier molecular flexibility index (Phi) is 7.63. The van der Waals surface area contributed by atoms with Crippen LogP contribution in [0.3, 0.4) is 0 Å². The molecule has 0 aliphatic heterocycles. The third-order valence-corrected chi connectivity index (χ3v) is 4.16. The van der Waals surface area contributed by atoms with Crippen LogP contribution in [0.1, 0.15) is 38.5 Å². The molecule has 0 spiro atoms. The molecule has 0 N–H and O–H groups in total. The van der Waals surface area contributed by atoms with Gasteiger partial charge in [0.25, 0.3) is 0 Å². The Bertz CT molecular complexity index is 107. The van der Waals surface area contributed by atoms with E-state index in [9.17, 15) is 4.39 Å². The molecule has 0 heterocycles.